The molecule has 2 aliphatic heterocycles. The van der Waals surface area contributed by atoms with Crippen molar-refractivity contribution in [2.45, 2.75) is 31.8 Å². The third kappa shape index (κ3) is 2.35. The fraction of sp³-hybridized carbons (Fsp3) is 0.471. The van der Waals surface area contributed by atoms with Crippen molar-refractivity contribution in [3.8, 4) is 5.75 Å². The van der Waals surface area contributed by atoms with Crippen LogP contribution in [-0.4, -0.2) is 42.0 Å². The molecule has 0 spiro atoms. The summed E-state index contributed by atoms with van der Waals surface area (Å²) in [6.45, 7) is 2.92. The van der Waals surface area contributed by atoms with Gasteiger partial charge in [0, 0.05) is 48.7 Å². The highest BCUT2D eigenvalue weighted by Gasteiger charge is 2.26. The van der Waals surface area contributed by atoms with E-state index in [9.17, 15) is 4.79 Å². The second-order valence-corrected chi connectivity index (χ2v) is 6.28. The Morgan fingerprint density at radius 3 is 3.05 bits per heavy atom. The molecular weight excluding hydrogens is 278 g/mol. The van der Waals surface area contributed by atoms with Gasteiger partial charge >= 0.3 is 0 Å². The third-order valence-electron chi connectivity index (χ3n) is 4.82. The summed E-state index contributed by atoms with van der Waals surface area (Å²) in [4.78, 5) is 17.3. The molecule has 0 unspecified atom stereocenters. The number of carbonyl (C=O) groups is 1. The van der Waals surface area contributed by atoms with Crippen LogP contribution >= 0.6 is 0 Å². The average molecular weight is 299 g/mol. The van der Waals surface area contributed by atoms with E-state index in [-0.39, 0.29) is 5.91 Å². The van der Waals surface area contributed by atoms with Gasteiger partial charge < -0.3 is 15.0 Å². The summed E-state index contributed by atoms with van der Waals surface area (Å²) in [6.07, 6.45) is 2.69. The van der Waals surface area contributed by atoms with Gasteiger partial charge in [0.2, 0.25) is 5.91 Å². The first-order chi connectivity index (χ1) is 10.7. The van der Waals surface area contributed by atoms with Gasteiger partial charge in [0.15, 0.2) is 0 Å². The first kappa shape index (κ1) is 13.6. The zero-order chi connectivity index (χ0) is 15.1. The maximum absolute atomic E-state index is 11.3. The minimum atomic E-state index is 0.195. The second-order valence-electron chi connectivity index (χ2n) is 6.28. The Kier molecular flexibility index (Phi) is 3.30. The number of ether oxygens (including phenoxy) is 1. The molecule has 1 aromatic heterocycles. The summed E-state index contributed by atoms with van der Waals surface area (Å²) in [6, 6.07) is 6.53. The van der Waals surface area contributed by atoms with Crippen molar-refractivity contribution >= 4 is 16.8 Å². The van der Waals surface area contributed by atoms with E-state index in [1.165, 1.54) is 22.2 Å². The number of H-pyrrole nitrogens is 1. The molecule has 22 heavy (non-hydrogen) atoms. The van der Waals surface area contributed by atoms with Gasteiger partial charge in [-0.1, -0.05) is 0 Å². The number of aromatic nitrogens is 1. The smallest absolute Gasteiger partial charge is 0.220 e. The third-order valence-corrected chi connectivity index (χ3v) is 4.82. The standard InChI is InChI=1S/C17H21N3O2/c1-22-12-3-4-15-14(8-12)13-6-7-20(10-16(13)19-15)9-11-2-5-17(21)18-11/h3-4,8,11,19H,2,5-7,9-10H2,1H3,(H,18,21)/t11-/m1/s1. The molecule has 0 saturated carbocycles. The summed E-state index contributed by atoms with van der Waals surface area (Å²) in [5.74, 6) is 1.10. The molecule has 116 valence electrons. The Morgan fingerprint density at radius 2 is 2.27 bits per heavy atom. The van der Waals surface area contributed by atoms with Crippen LogP contribution in [0.5, 0.6) is 5.75 Å². The van der Waals surface area contributed by atoms with Crippen LogP contribution in [0.4, 0.5) is 0 Å². The van der Waals surface area contributed by atoms with E-state index < -0.39 is 0 Å². The zero-order valence-corrected chi connectivity index (χ0v) is 12.8. The fourth-order valence-corrected chi connectivity index (χ4v) is 3.68. The van der Waals surface area contributed by atoms with Gasteiger partial charge in [0.25, 0.3) is 0 Å². The van der Waals surface area contributed by atoms with Gasteiger partial charge in [-0.3, -0.25) is 9.69 Å². The molecule has 1 aromatic carbocycles. The highest BCUT2D eigenvalue weighted by Crippen LogP contribution is 2.30. The molecular formula is C17H21N3O2. The van der Waals surface area contributed by atoms with Gasteiger partial charge in [-0.25, -0.2) is 0 Å². The minimum Gasteiger partial charge on any atom is -0.497 e. The molecule has 0 bridgehead atoms. The summed E-state index contributed by atoms with van der Waals surface area (Å²) in [5, 5.41) is 4.34. The van der Waals surface area contributed by atoms with Crippen LogP contribution in [0.25, 0.3) is 10.9 Å². The van der Waals surface area contributed by atoms with Crippen molar-refractivity contribution in [3.05, 3.63) is 29.5 Å². The Labute approximate surface area is 129 Å². The number of nitrogens with zero attached hydrogens (tertiary/aromatic N) is 1. The first-order valence-electron chi connectivity index (χ1n) is 7.92. The van der Waals surface area contributed by atoms with Crippen LogP contribution in [0.15, 0.2) is 18.2 Å². The maximum Gasteiger partial charge on any atom is 0.220 e. The lowest BCUT2D eigenvalue weighted by molar-refractivity contribution is -0.119. The highest BCUT2D eigenvalue weighted by molar-refractivity contribution is 5.86. The number of methoxy groups -OCH3 is 1. The highest BCUT2D eigenvalue weighted by atomic mass is 16.5. The molecule has 2 aliphatic rings. The van der Waals surface area contributed by atoms with Crippen molar-refractivity contribution < 1.29 is 9.53 Å². The lowest BCUT2D eigenvalue weighted by atomic mass is 10.0. The number of aromatic amines is 1. The zero-order valence-electron chi connectivity index (χ0n) is 12.8. The monoisotopic (exact) mass is 299 g/mol. The van der Waals surface area contributed by atoms with Gasteiger partial charge in [-0.15, -0.1) is 0 Å². The molecule has 5 nitrogen and oxygen atoms in total. The maximum atomic E-state index is 11.3. The molecule has 0 aliphatic carbocycles. The van der Waals surface area contributed by atoms with E-state index in [2.05, 4.69) is 27.3 Å². The summed E-state index contributed by atoms with van der Waals surface area (Å²) in [5.41, 5.74) is 3.90. The van der Waals surface area contributed by atoms with Crippen molar-refractivity contribution in [3.63, 3.8) is 0 Å². The molecule has 1 atom stereocenters. The van der Waals surface area contributed by atoms with Crippen molar-refractivity contribution in [2.75, 3.05) is 20.2 Å². The minimum absolute atomic E-state index is 0.195. The summed E-state index contributed by atoms with van der Waals surface area (Å²) >= 11 is 0. The molecule has 2 aromatic rings. The number of fused-ring (bicyclic) bond motifs is 3. The number of nitrogens with one attached hydrogen (secondary N) is 2. The van der Waals surface area contributed by atoms with E-state index in [0.717, 1.165) is 38.2 Å². The average Bonchev–Trinajstić information content (AvgIpc) is 3.09. The summed E-state index contributed by atoms with van der Waals surface area (Å²) in [7, 11) is 1.71. The quantitative estimate of drug-likeness (QED) is 0.909. The molecule has 1 amide bonds. The van der Waals surface area contributed by atoms with Crippen LogP contribution in [0.2, 0.25) is 0 Å². The van der Waals surface area contributed by atoms with Gasteiger partial charge in [-0.05, 0) is 36.6 Å². The number of hydrogen-bond donors (Lipinski definition) is 2. The summed E-state index contributed by atoms with van der Waals surface area (Å²) < 4.78 is 5.34. The van der Waals surface area contributed by atoms with Crippen LogP contribution in [0.3, 0.4) is 0 Å². The van der Waals surface area contributed by atoms with Crippen LogP contribution in [-0.2, 0) is 17.8 Å². The van der Waals surface area contributed by atoms with Crippen molar-refractivity contribution in [1.82, 2.24) is 15.2 Å². The largest absolute Gasteiger partial charge is 0.497 e. The lowest BCUT2D eigenvalue weighted by Gasteiger charge is -2.29. The number of carbonyl (C=O) groups excluding carboxylic acids is 1. The predicted octanol–water partition coefficient (Wildman–Crippen LogP) is 1.81. The molecule has 3 heterocycles. The second kappa shape index (κ2) is 5.32. The lowest BCUT2D eigenvalue weighted by Crippen LogP contribution is -2.41. The van der Waals surface area contributed by atoms with Crippen LogP contribution in [0.1, 0.15) is 24.1 Å². The Hall–Kier alpha value is -2.01. The molecule has 1 fully saturated rings. The van der Waals surface area contributed by atoms with E-state index in [1.807, 2.05) is 6.07 Å². The van der Waals surface area contributed by atoms with Crippen LogP contribution < -0.4 is 10.1 Å². The van der Waals surface area contributed by atoms with E-state index >= 15 is 0 Å². The Bertz CT molecular complexity index is 722. The van der Waals surface area contributed by atoms with Gasteiger partial charge in [0.1, 0.15) is 5.75 Å². The molecule has 0 radical (unpaired) electrons. The first-order valence-corrected chi connectivity index (χ1v) is 7.92. The van der Waals surface area contributed by atoms with Gasteiger partial charge in [0.05, 0.1) is 7.11 Å². The molecule has 2 N–H and O–H groups in total. The Balaban J connectivity index is 1.54. The van der Waals surface area contributed by atoms with Crippen molar-refractivity contribution in [2.24, 2.45) is 0 Å². The molecule has 5 heteroatoms. The van der Waals surface area contributed by atoms with E-state index in [4.69, 9.17) is 4.74 Å². The normalized spacial score (nSPS) is 21.9. The topological polar surface area (TPSA) is 57.4 Å². The fourth-order valence-electron chi connectivity index (χ4n) is 3.68. The van der Waals surface area contributed by atoms with Crippen molar-refractivity contribution in [1.29, 1.82) is 0 Å². The SMILES string of the molecule is COc1ccc2[nH]c3c(c2c1)CCN(C[C@H]1CCC(=O)N1)C3. The number of rotatable bonds is 3. The molecule has 1 saturated heterocycles. The number of hydrogen-bond acceptors (Lipinski definition) is 3. The Morgan fingerprint density at radius 1 is 1.36 bits per heavy atom. The number of amides is 1. The molecule has 4 rings (SSSR count). The van der Waals surface area contributed by atoms with Gasteiger partial charge in [-0.2, -0.15) is 0 Å². The van der Waals surface area contributed by atoms with Crippen LogP contribution in [0, 0.1) is 0 Å². The number of benzene rings is 1. The predicted molar refractivity (Wildman–Crippen MR) is 85.0 cm³/mol. The van der Waals surface area contributed by atoms with E-state index in [0.29, 0.717) is 12.5 Å². The van der Waals surface area contributed by atoms with E-state index in [1.54, 1.807) is 7.11 Å².